The molecule has 0 atom stereocenters. The molecule has 3 heterocycles. The molecule has 3 saturated heterocycles. The van der Waals surface area contributed by atoms with Crippen molar-refractivity contribution in [2.24, 2.45) is 0 Å². The SMILES string of the molecule is O=C(OCc1ccccc1)N1CCC2(CC1)OCCO2.O=C1CCN(C(=O)OCc2ccccc2)CC1.[I][V]([I])[I].[I][V][I]. The van der Waals surface area contributed by atoms with Crippen LogP contribution in [0.1, 0.15) is 36.8 Å². The number of nitrogens with zero attached hydrogens (tertiary/aromatic N) is 2. The van der Waals surface area contributed by atoms with Gasteiger partial charge in [-0.1, -0.05) is 60.7 Å². The van der Waals surface area contributed by atoms with Crippen molar-refractivity contribution in [3.05, 3.63) is 71.8 Å². The van der Waals surface area contributed by atoms with Crippen LogP contribution in [0.4, 0.5) is 9.59 Å². The summed E-state index contributed by atoms with van der Waals surface area (Å²) >= 11 is 12.1. The first kappa shape index (κ1) is 41.6. The summed E-state index contributed by atoms with van der Waals surface area (Å²) in [6, 6.07) is 19.2. The summed E-state index contributed by atoms with van der Waals surface area (Å²) < 4.78 is 21.8. The van der Waals surface area contributed by atoms with E-state index in [9.17, 15) is 14.4 Å². The molecule has 0 N–H and O–H groups in total. The Labute approximate surface area is 326 Å². The van der Waals surface area contributed by atoms with Gasteiger partial charge in [0.05, 0.1) is 13.2 Å². The Morgan fingerprint density at radius 2 is 1.11 bits per heavy atom. The van der Waals surface area contributed by atoms with Crippen LogP contribution in [-0.4, -0.2) is 72.9 Å². The molecule has 1 spiro atoms. The minimum atomic E-state index is -0.448. The molecule has 2 aromatic carbocycles. The zero-order valence-corrected chi connectivity index (χ0v) is 37.4. The second-order valence-electron chi connectivity index (χ2n) is 9.46. The second kappa shape index (κ2) is 24.5. The molecule has 44 heavy (non-hydrogen) atoms. The van der Waals surface area contributed by atoms with Crippen molar-refractivity contribution in [1.29, 1.82) is 0 Å². The Morgan fingerprint density at radius 1 is 0.750 bits per heavy atom. The average Bonchev–Trinajstić information content (AvgIpc) is 3.48. The fraction of sp³-hybridized carbons (Fsp3) is 0.464. The van der Waals surface area contributed by atoms with Gasteiger partial charge in [-0.3, -0.25) is 4.79 Å². The molecule has 0 bridgehead atoms. The normalized spacial score (nSPS) is 16.8. The summed E-state index contributed by atoms with van der Waals surface area (Å²) in [5, 5.41) is 0. The van der Waals surface area contributed by atoms with E-state index in [0.717, 1.165) is 11.1 Å². The third-order valence-corrected chi connectivity index (χ3v) is 6.59. The van der Waals surface area contributed by atoms with Crippen LogP contribution in [0.5, 0.6) is 0 Å². The Hall–Kier alpha value is 1.39. The van der Waals surface area contributed by atoms with E-state index in [2.05, 4.69) is 99.9 Å². The molecule has 3 fully saturated rings. The zero-order chi connectivity index (χ0) is 32.2. The van der Waals surface area contributed by atoms with E-state index < -0.39 is 5.79 Å². The van der Waals surface area contributed by atoms with E-state index in [1.165, 1.54) is 0 Å². The van der Waals surface area contributed by atoms with Crippen LogP contribution in [0, 0.1) is 0 Å². The van der Waals surface area contributed by atoms with E-state index in [4.69, 9.17) is 18.9 Å². The number of halogens is 5. The Kier molecular flexibility index (Phi) is 23.2. The number of ether oxygens (including phenoxy) is 4. The molecule has 0 radical (unpaired) electrons. The molecule has 0 unspecified atom stereocenters. The molecule has 0 aromatic heterocycles. The molecule has 0 saturated carbocycles. The van der Waals surface area contributed by atoms with Gasteiger partial charge in [-0.25, -0.2) is 9.59 Å². The summed E-state index contributed by atoms with van der Waals surface area (Å²) in [7, 11) is 0.628. The summed E-state index contributed by atoms with van der Waals surface area (Å²) in [6.07, 6.45) is 1.73. The molecule has 3 aliphatic heterocycles. The van der Waals surface area contributed by atoms with Gasteiger partial charge in [-0.05, 0) is 11.1 Å². The van der Waals surface area contributed by atoms with E-state index in [1.54, 1.807) is 9.80 Å². The molecular formula is C28H34I5N2O7V2. The van der Waals surface area contributed by atoms with Gasteiger partial charge in [0.2, 0.25) is 0 Å². The number of benzene rings is 2. The van der Waals surface area contributed by atoms with Gasteiger partial charge in [-0.15, -0.1) is 0 Å². The van der Waals surface area contributed by atoms with Gasteiger partial charge in [0, 0.05) is 51.9 Å². The summed E-state index contributed by atoms with van der Waals surface area (Å²) in [6.45, 7) is 4.09. The fourth-order valence-corrected chi connectivity index (χ4v) is 4.38. The van der Waals surface area contributed by atoms with E-state index >= 15 is 0 Å². The Balaban J connectivity index is 0.000000256. The molecule has 2 amide bonds. The first-order chi connectivity index (χ1) is 21.2. The predicted octanol–water partition coefficient (Wildman–Crippen LogP) is 8.57. The number of amides is 2. The number of Topliss-reactive ketones (excluding diaryl/α,β-unsaturated/α-hetero) is 1. The van der Waals surface area contributed by atoms with Crippen LogP contribution >= 0.6 is 99.9 Å². The number of carbonyl (C=O) groups is 3. The standard InChI is InChI=1S/C15H19NO4.C13H15NO3.5HI.2V/c17-14(18-12-13-4-2-1-3-5-13)16-8-6-15(7-9-16)19-10-11-20-15;15-12-6-8-14(9-7-12)13(16)17-10-11-4-2-1-3-5-11;;;;;;;/h1-5H,6-12H2;1-5H,6-10H2;5*1H;;/q;;;;;;;+2;+3/p-5. The number of piperidine rings is 2. The Bertz CT molecular complexity index is 1100. The second-order valence-corrected chi connectivity index (χ2v) is 56.6. The third kappa shape index (κ3) is 17.7. The van der Waals surface area contributed by atoms with Crippen LogP contribution < -0.4 is 0 Å². The summed E-state index contributed by atoms with van der Waals surface area (Å²) in [5.74, 6) is -0.229. The molecule has 5 rings (SSSR count). The van der Waals surface area contributed by atoms with Crippen molar-refractivity contribution in [3.8, 4) is 0 Å². The van der Waals surface area contributed by atoms with Crippen molar-refractivity contribution < 1.29 is 47.7 Å². The predicted molar refractivity (Wildman–Crippen MR) is 205 cm³/mol. The van der Waals surface area contributed by atoms with Crippen molar-refractivity contribution in [2.75, 3.05) is 39.4 Å². The van der Waals surface area contributed by atoms with Gasteiger partial charge < -0.3 is 28.7 Å². The van der Waals surface area contributed by atoms with Crippen LogP contribution in [0.3, 0.4) is 0 Å². The molecular weight excluding hydrogens is 1210 g/mol. The van der Waals surface area contributed by atoms with Crippen LogP contribution in [0.2, 0.25) is 0 Å². The molecule has 3 aliphatic rings. The summed E-state index contributed by atoms with van der Waals surface area (Å²) in [5.41, 5.74) is 1.96. The van der Waals surface area contributed by atoms with E-state index in [0.29, 0.717) is 81.1 Å². The molecule has 9 nitrogen and oxygen atoms in total. The van der Waals surface area contributed by atoms with Crippen molar-refractivity contribution in [2.45, 2.75) is 44.7 Å². The first-order valence-corrected chi connectivity index (χ1v) is 36.1. The number of hydrogen-bond donors (Lipinski definition) is 0. The third-order valence-electron chi connectivity index (χ3n) is 6.59. The number of likely N-dealkylation sites (tertiary alicyclic amines) is 2. The maximum absolute atomic E-state index is 12.0. The summed E-state index contributed by atoms with van der Waals surface area (Å²) in [4.78, 5) is 37.7. The van der Waals surface area contributed by atoms with Gasteiger partial charge in [0.15, 0.2) is 5.79 Å². The first-order valence-electron chi connectivity index (χ1n) is 13.6. The molecule has 2 aromatic rings. The number of rotatable bonds is 4. The zero-order valence-electron chi connectivity index (χ0n) is 23.8. The number of ketones is 1. The number of hydrogen-bond acceptors (Lipinski definition) is 7. The topological polar surface area (TPSA) is 94.6 Å². The minimum absolute atomic E-state index is 0.220. The van der Waals surface area contributed by atoms with Gasteiger partial charge in [0.1, 0.15) is 19.0 Å². The van der Waals surface area contributed by atoms with E-state index in [1.807, 2.05) is 60.7 Å². The van der Waals surface area contributed by atoms with Crippen molar-refractivity contribution in [3.63, 3.8) is 0 Å². The Morgan fingerprint density at radius 3 is 1.50 bits per heavy atom. The van der Waals surface area contributed by atoms with Crippen LogP contribution in [0.25, 0.3) is 0 Å². The molecule has 243 valence electrons. The monoisotopic (exact) mass is 1250 g/mol. The van der Waals surface area contributed by atoms with Crippen molar-refractivity contribution >= 4 is 118 Å². The maximum atomic E-state index is 12.0. The van der Waals surface area contributed by atoms with Crippen molar-refractivity contribution in [1.82, 2.24) is 9.80 Å². The van der Waals surface area contributed by atoms with Gasteiger partial charge in [-0.2, -0.15) is 0 Å². The fourth-order valence-electron chi connectivity index (χ4n) is 4.38. The number of carbonyl (C=O) groups excluding carboxylic acids is 3. The van der Waals surface area contributed by atoms with Crippen LogP contribution in [-0.2, 0) is 51.3 Å². The molecule has 0 aliphatic carbocycles. The van der Waals surface area contributed by atoms with Gasteiger partial charge in [0.25, 0.3) is 0 Å². The molecule has 16 heteroatoms. The van der Waals surface area contributed by atoms with E-state index in [-0.39, 0.29) is 29.5 Å². The average molecular weight is 1250 g/mol. The van der Waals surface area contributed by atoms with Gasteiger partial charge >= 0.3 is 126 Å². The quantitative estimate of drug-likeness (QED) is 0.284. The van der Waals surface area contributed by atoms with Crippen LogP contribution in [0.15, 0.2) is 60.7 Å².